The zero-order valence-corrected chi connectivity index (χ0v) is 21.1. The quantitative estimate of drug-likeness (QED) is 0.315. The molecule has 0 bridgehead atoms. The number of aromatic nitrogens is 1. The van der Waals surface area contributed by atoms with Crippen LogP contribution in [0.4, 0.5) is 0 Å². The molecular weight excluding hydrogens is 456 g/mol. The average Bonchev–Trinajstić information content (AvgIpc) is 3.32. The largest absolute Gasteiger partial charge is 0.481 e. The maximum atomic E-state index is 13.3. The molecule has 3 rings (SSSR count). The molecule has 2 aromatic carbocycles. The predicted molar refractivity (Wildman–Crippen MR) is 140 cm³/mol. The van der Waals surface area contributed by atoms with Crippen LogP contribution in [-0.4, -0.2) is 50.5 Å². The summed E-state index contributed by atoms with van der Waals surface area (Å²) in [5.41, 5.74) is 3.70. The predicted octanol–water partition coefficient (Wildman–Crippen LogP) is 4.50. The van der Waals surface area contributed by atoms with E-state index in [1.807, 2.05) is 75.5 Å². The number of aliphatic hydroxyl groups is 2. The van der Waals surface area contributed by atoms with E-state index >= 15 is 0 Å². The summed E-state index contributed by atoms with van der Waals surface area (Å²) in [7, 11) is 0. The standard InChI is InChI=1S/C29H36N2O5/c1-29(2,3)25(19-32)30-28(36)27(24(33)10-7-11-26(34)35)31-17-16-23(18-31)22-14-12-21(13-15-22)20-8-5-4-6-9-20/h4-6,8-9,12-18,24-25,27,32-33H,7,10-11,19H2,1-3H3,(H,30,36)(H,34,35)/t24?,25-,27?/m1/s1. The summed E-state index contributed by atoms with van der Waals surface area (Å²) in [5.74, 6) is -1.37. The van der Waals surface area contributed by atoms with E-state index in [1.165, 1.54) is 0 Å². The summed E-state index contributed by atoms with van der Waals surface area (Å²) >= 11 is 0. The zero-order valence-electron chi connectivity index (χ0n) is 21.1. The molecule has 192 valence electrons. The van der Waals surface area contributed by atoms with E-state index in [9.17, 15) is 19.8 Å². The van der Waals surface area contributed by atoms with Gasteiger partial charge in [0, 0.05) is 18.8 Å². The van der Waals surface area contributed by atoms with Crippen LogP contribution in [0.15, 0.2) is 73.1 Å². The molecule has 0 aliphatic rings. The summed E-state index contributed by atoms with van der Waals surface area (Å²) in [6, 6.07) is 18.6. The molecule has 0 saturated carbocycles. The van der Waals surface area contributed by atoms with Crippen LogP contribution in [0.1, 0.15) is 46.1 Å². The lowest BCUT2D eigenvalue weighted by Crippen LogP contribution is -2.50. The molecule has 3 aromatic rings. The molecule has 1 aromatic heterocycles. The van der Waals surface area contributed by atoms with Crippen molar-refractivity contribution >= 4 is 11.9 Å². The Kier molecular flexibility index (Phi) is 9.07. The molecule has 3 atom stereocenters. The number of rotatable bonds is 11. The molecule has 4 N–H and O–H groups in total. The van der Waals surface area contributed by atoms with Gasteiger partial charge in [0.25, 0.3) is 0 Å². The fraction of sp³-hybridized carbons (Fsp3) is 0.379. The summed E-state index contributed by atoms with van der Waals surface area (Å²) in [5, 5.41) is 32.6. The molecule has 7 nitrogen and oxygen atoms in total. The highest BCUT2D eigenvalue weighted by atomic mass is 16.4. The van der Waals surface area contributed by atoms with E-state index in [-0.39, 0.29) is 31.3 Å². The molecule has 1 amide bonds. The third kappa shape index (κ3) is 7.06. The van der Waals surface area contributed by atoms with Crippen molar-refractivity contribution in [3.8, 4) is 22.3 Å². The number of benzene rings is 2. The second-order valence-corrected chi connectivity index (χ2v) is 10.2. The fourth-order valence-corrected chi connectivity index (χ4v) is 4.16. The van der Waals surface area contributed by atoms with Gasteiger partial charge in [0.15, 0.2) is 0 Å². The fourth-order valence-electron chi connectivity index (χ4n) is 4.16. The Hall–Kier alpha value is -3.42. The van der Waals surface area contributed by atoms with Gasteiger partial charge in [-0.05, 0) is 46.6 Å². The summed E-state index contributed by atoms with van der Waals surface area (Å²) in [4.78, 5) is 24.3. The van der Waals surface area contributed by atoms with Crippen LogP contribution in [0.5, 0.6) is 0 Å². The van der Waals surface area contributed by atoms with E-state index in [0.717, 1.165) is 22.3 Å². The van der Waals surface area contributed by atoms with Crippen molar-refractivity contribution in [2.24, 2.45) is 5.41 Å². The molecule has 0 radical (unpaired) electrons. The van der Waals surface area contributed by atoms with Gasteiger partial charge in [-0.2, -0.15) is 0 Å². The van der Waals surface area contributed by atoms with E-state index in [0.29, 0.717) is 0 Å². The van der Waals surface area contributed by atoms with Crippen LogP contribution in [0.2, 0.25) is 0 Å². The summed E-state index contributed by atoms with van der Waals surface area (Å²) in [6.07, 6.45) is 2.78. The number of nitrogens with one attached hydrogen (secondary N) is 1. The van der Waals surface area contributed by atoms with Gasteiger partial charge in [0.1, 0.15) is 6.04 Å². The molecule has 2 unspecified atom stereocenters. The number of nitrogens with zero attached hydrogens (tertiary/aromatic N) is 1. The monoisotopic (exact) mass is 492 g/mol. The van der Waals surface area contributed by atoms with Gasteiger partial charge in [-0.3, -0.25) is 9.59 Å². The van der Waals surface area contributed by atoms with Crippen LogP contribution in [0, 0.1) is 5.41 Å². The molecule has 0 spiro atoms. The van der Waals surface area contributed by atoms with Crippen molar-refractivity contribution in [3.05, 3.63) is 73.1 Å². The lowest BCUT2D eigenvalue weighted by Gasteiger charge is -2.32. The Bertz CT molecular complexity index is 1130. The van der Waals surface area contributed by atoms with Gasteiger partial charge in [0.05, 0.1) is 18.8 Å². The van der Waals surface area contributed by atoms with Crippen LogP contribution in [0.3, 0.4) is 0 Å². The number of aliphatic hydroxyl groups excluding tert-OH is 2. The van der Waals surface area contributed by atoms with Gasteiger partial charge in [0.2, 0.25) is 5.91 Å². The van der Waals surface area contributed by atoms with Crippen molar-refractivity contribution in [1.29, 1.82) is 0 Å². The molecule has 36 heavy (non-hydrogen) atoms. The second kappa shape index (κ2) is 12.0. The third-order valence-corrected chi connectivity index (χ3v) is 6.43. The number of aliphatic carboxylic acids is 1. The van der Waals surface area contributed by atoms with Crippen molar-refractivity contribution in [2.45, 2.75) is 58.2 Å². The smallest absolute Gasteiger partial charge is 0.303 e. The number of carboxylic acids is 1. The number of carbonyl (C=O) groups is 2. The van der Waals surface area contributed by atoms with E-state index in [2.05, 4.69) is 17.4 Å². The minimum Gasteiger partial charge on any atom is -0.481 e. The van der Waals surface area contributed by atoms with Gasteiger partial charge in [-0.15, -0.1) is 0 Å². The molecule has 1 heterocycles. The number of amides is 1. The molecule has 0 aliphatic carbocycles. The van der Waals surface area contributed by atoms with Crippen LogP contribution in [0.25, 0.3) is 22.3 Å². The lowest BCUT2D eigenvalue weighted by molar-refractivity contribution is -0.137. The first-order chi connectivity index (χ1) is 17.1. The van der Waals surface area contributed by atoms with Gasteiger partial charge < -0.3 is 25.2 Å². The number of carboxylic acid groups (broad SMARTS) is 1. The van der Waals surface area contributed by atoms with Crippen molar-refractivity contribution in [1.82, 2.24) is 9.88 Å². The first-order valence-corrected chi connectivity index (χ1v) is 12.2. The highest BCUT2D eigenvalue weighted by Gasteiger charge is 2.33. The first kappa shape index (κ1) is 27.2. The average molecular weight is 493 g/mol. The van der Waals surface area contributed by atoms with E-state index < -0.39 is 30.1 Å². The normalized spacial score (nSPS) is 14.1. The van der Waals surface area contributed by atoms with Crippen LogP contribution in [-0.2, 0) is 9.59 Å². The second-order valence-electron chi connectivity index (χ2n) is 10.2. The van der Waals surface area contributed by atoms with Gasteiger partial charge >= 0.3 is 5.97 Å². The van der Waals surface area contributed by atoms with E-state index in [4.69, 9.17) is 5.11 Å². The summed E-state index contributed by atoms with van der Waals surface area (Å²) in [6.45, 7) is 5.51. The topological polar surface area (TPSA) is 112 Å². The molecule has 0 saturated heterocycles. The van der Waals surface area contributed by atoms with Gasteiger partial charge in [-0.1, -0.05) is 75.4 Å². The lowest BCUT2D eigenvalue weighted by atomic mass is 9.87. The minimum atomic E-state index is -1.09. The minimum absolute atomic E-state index is 0.0860. The Morgan fingerprint density at radius 2 is 1.50 bits per heavy atom. The third-order valence-electron chi connectivity index (χ3n) is 6.43. The zero-order chi connectivity index (χ0) is 26.3. The molecule has 0 aliphatic heterocycles. The van der Waals surface area contributed by atoms with Crippen molar-refractivity contribution < 1.29 is 24.9 Å². The number of hydrogen-bond donors (Lipinski definition) is 4. The Morgan fingerprint density at radius 3 is 2.06 bits per heavy atom. The molecule has 7 heteroatoms. The van der Waals surface area contributed by atoms with E-state index in [1.54, 1.807) is 10.8 Å². The maximum Gasteiger partial charge on any atom is 0.303 e. The summed E-state index contributed by atoms with van der Waals surface area (Å²) < 4.78 is 1.66. The van der Waals surface area contributed by atoms with Gasteiger partial charge in [-0.25, -0.2) is 0 Å². The SMILES string of the molecule is CC(C)(C)[C@@H](CO)NC(=O)C(C(O)CCCC(=O)O)n1ccc(-c2ccc(-c3ccccc3)cc2)c1. The van der Waals surface area contributed by atoms with Crippen molar-refractivity contribution in [3.63, 3.8) is 0 Å². The van der Waals surface area contributed by atoms with Crippen LogP contribution >= 0.6 is 0 Å². The van der Waals surface area contributed by atoms with Crippen LogP contribution < -0.4 is 5.32 Å². The number of carbonyl (C=O) groups excluding carboxylic acids is 1. The number of hydrogen-bond acceptors (Lipinski definition) is 4. The molecular formula is C29H36N2O5. The highest BCUT2D eigenvalue weighted by Crippen LogP contribution is 2.28. The van der Waals surface area contributed by atoms with Crippen molar-refractivity contribution in [2.75, 3.05) is 6.61 Å². The first-order valence-electron chi connectivity index (χ1n) is 12.2. The Morgan fingerprint density at radius 1 is 0.917 bits per heavy atom. The Labute approximate surface area is 212 Å². The Balaban J connectivity index is 1.84. The molecule has 0 fully saturated rings. The maximum absolute atomic E-state index is 13.3. The highest BCUT2D eigenvalue weighted by molar-refractivity contribution is 5.82.